The van der Waals surface area contributed by atoms with Crippen molar-refractivity contribution in [3.8, 4) is 11.3 Å². The van der Waals surface area contributed by atoms with E-state index in [1.54, 1.807) is 54.6 Å². The molecule has 0 spiro atoms. The molecule has 1 aliphatic carbocycles. The lowest BCUT2D eigenvalue weighted by Crippen LogP contribution is -2.14. The Morgan fingerprint density at radius 1 is 1.00 bits per heavy atom. The largest absolute Gasteiger partial charge is 0.399 e. The van der Waals surface area contributed by atoms with E-state index in [2.05, 4.69) is 15.6 Å². The van der Waals surface area contributed by atoms with E-state index in [1.165, 1.54) is 18.2 Å². The van der Waals surface area contributed by atoms with Gasteiger partial charge in [0.1, 0.15) is 17.3 Å². The Labute approximate surface area is 205 Å². The van der Waals surface area contributed by atoms with Crippen molar-refractivity contribution >= 4 is 29.0 Å². The summed E-state index contributed by atoms with van der Waals surface area (Å²) in [5.74, 6) is -0.759. The minimum absolute atomic E-state index is 0.213. The molecule has 1 aromatic heterocycles. The quantitative estimate of drug-likeness (QED) is 0.228. The maximum absolute atomic E-state index is 13.4. The highest BCUT2D eigenvalue weighted by atomic mass is 19.1. The van der Waals surface area contributed by atoms with Crippen LogP contribution in [0.5, 0.6) is 0 Å². The van der Waals surface area contributed by atoms with Crippen molar-refractivity contribution in [1.29, 1.82) is 0 Å². The van der Waals surface area contributed by atoms with Gasteiger partial charge in [-0.1, -0.05) is 22.4 Å². The lowest BCUT2D eigenvalue weighted by atomic mass is 9.92. The molecule has 9 heteroatoms. The van der Waals surface area contributed by atoms with Crippen LogP contribution in [0.1, 0.15) is 44.9 Å². The molecule has 0 fully saturated rings. The van der Waals surface area contributed by atoms with Gasteiger partial charge in [0, 0.05) is 28.9 Å². The van der Waals surface area contributed by atoms with Gasteiger partial charge in [0.2, 0.25) is 0 Å². The third kappa shape index (κ3) is 4.85. The summed E-state index contributed by atoms with van der Waals surface area (Å²) in [7, 11) is 0. The number of halogens is 1. The van der Waals surface area contributed by atoms with Gasteiger partial charge >= 0.3 is 5.97 Å². The van der Waals surface area contributed by atoms with Gasteiger partial charge in [-0.15, -0.1) is 0 Å². The van der Waals surface area contributed by atoms with Crippen molar-refractivity contribution in [2.24, 2.45) is 5.16 Å². The summed E-state index contributed by atoms with van der Waals surface area (Å²) in [5.41, 5.74) is 9.61. The predicted octanol–water partition coefficient (Wildman–Crippen LogP) is 5.21. The SMILES string of the molecule is Nc1cccc(C(=O)Nc2cccc(C(=O)O/N=C3\CCCc4onc(-c5ccc(F)cc5)c43)c2)c1. The topological polar surface area (TPSA) is 120 Å². The average molecular weight is 484 g/mol. The van der Waals surface area contributed by atoms with E-state index in [0.717, 1.165) is 6.42 Å². The van der Waals surface area contributed by atoms with Gasteiger partial charge < -0.3 is 20.4 Å². The van der Waals surface area contributed by atoms with Crippen LogP contribution in [0.25, 0.3) is 11.3 Å². The van der Waals surface area contributed by atoms with Crippen LogP contribution in [0.15, 0.2) is 82.5 Å². The molecule has 8 nitrogen and oxygen atoms in total. The van der Waals surface area contributed by atoms with Crippen molar-refractivity contribution in [2.45, 2.75) is 19.3 Å². The number of aromatic nitrogens is 1. The Balaban J connectivity index is 1.33. The van der Waals surface area contributed by atoms with Crippen LogP contribution >= 0.6 is 0 Å². The van der Waals surface area contributed by atoms with Gasteiger partial charge in [-0.3, -0.25) is 4.79 Å². The van der Waals surface area contributed by atoms with Crippen LogP contribution in [0.3, 0.4) is 0 Å². The van der Waals surface area contributed by atoms with Crippen molar-refractivity contribution in [3.63, 3.8) is 0 Å². The molecule has 180 valence electrons. The number of carbonyl (C=O) groups is 2. The van der Waals surface area contributed by atoms with E-state index in [1.807, 2.05) is 0 Å². The highest BCUT2D eigenvalue weighted by Crippen LogP contribution is 2.32. The molecule has 0 unspecified atom stereocenters. The lowest BCUT2D eigenvalue weighted by molar-refractivity contribution is 0.0515. The summed E-state index contributed by atoms with van der Waals surface area (Å²) in [6, 6.07) is 18.8. The standard InChI is InChI=1S/C27H21FN4O4/c28-19-12-10-16(11-13-19)25-24-22(8-3-9-23(24)35-32-25)31-36-27(34)18-5-2-7-21(15-18)30-26(33)17-4-1-6-20(29)14-17/h1-2,4-7,10-15H,3,8-9,29H2,(H,30,33)/b31-22+. The summed E-state index contributed by atoms with van der Waals surface area (Å²) in [4.78, 5) is 30.5. The fourth-order valence-corrected chi connectivity index (χ4v) is 3.99. The maximum atomic E-state index is 13.4. The Hall–Kier alpha value is -4.79. The molecule has 4 aromatic rings. The minimum atomic E-state index is -0.686. The van der Waals surface area contributed by atoms with E-state index in [0.29, 0.717) is 58.1 Å². The van der Waals surface area contributed by atoms with Gasteiger partial charge in [-0.2, -0.15) is 0 Å². The maximum Gasteiger partial charge on any atom is 0.365 e. The summed E-state index contributed by atoms with van der Waals surface area (Å²) < 4.78 is 18.8. The molecule has 3 N–H and O–H groups in total. The van der Waals surface area contributed by atoms with Crippen LogP contribution in [0.2, 0.25) is 0 Å². The Morgan fingerprint density at radius 3 is 2.58 bits per heavy atom. The zero-order valence-electron chi connectivity index (χ0n) is 19.0. The van der Waals surface area contributed by atoms with Crippen LogP contribution in [0.4, 0.5) is 15.8 Å². The van der Waals surface area contributed by atoms with Crippen LogP contribution < -0.4 is 11.1 Å². The zero-order valence-corrected chi connectivity index (χ0v) is 19.0. The molecule has 36 heavy (non-hydrogen) atoms. The van der Waals surface area contributed by atoms with Crippen LogP contribution in [-0.2, 0) is 11.3 Å². The molecule has 0 atom stereocenters. The Bertz CT molecular complexity index is 1480. The Morgan fingerprint density at radius 2 is 1.78 bits per heavy atom. The summed E-state index contributed by atoms with van der Waals surface area (Å²) in [6.07, 6.45) is 1.99. The van der Waals surface area contributed by atoms with E-state index in [9.17, 15) is 14.0 Å². The second-order valence-corrected chi connectivity index (χ2v) is 8.27. The molecule has 0 bridgehead atoms. The smallest absolute Gasteiger partial charge is 0.365 e. The van der Waals surface area contributed by atoms with Crippen molar-refractivity contribution < 1.29 is 23.3 Å². The number of nitrogen functional groups attached to an aromatic ring is 1. The minimum Gasteiger partial charge on any atom is -0.399 e. The number of benzene rings is 3. The highest BCUT2D eigenvalue weighted by molar-refractivity contribution is 6.07. The van der Waals surface area contributed by atoms with E-state index in [4.69, 9.17) is 15.1 Å². The molecular formula is C27H21FN4O4. The van der Waals surface area contributed by atoms with E-state index >= 15 is 0 Å². The first kappa shape index (κ1) is 23.0. The first-order chi connectivity index (χ1) is 17.5. The number of carbonyl (C=O) groups excluding carboxylic acids is 2. The third-order valence-corrected chi connectivity index (χ3v) is 5.73. The first-order valence-corrected chi connectivity index (χ1v) is 11.3. The number of hydrogen-bond donors (Lipinski definition) is 2. The fraction of sp³-hybridized carbons (Fsp3) is 0.111. The number of rotatable bonds is 5. The molecule has 0 saturated heterocycles. The number of nitrogens with two attached hydrogens (primary N) is 1. The third-order valence-electron chi connectivity index (χ3n) is 5.73. The number of nitrogens with zero attached hydrogens (tertiary/aromatic N) is 2. The van der Waals surface area contributed by atoms with E-state index < -0.39 is 5.97 Å². The highest BCUT2D eigenvalue weighted by Gasteiger charge is 2.27. The number of oxime groups is 1. The molecule has 1 aliphatic rings. The predicted molar refractivity (Wildman–Crippen MR) is 132 cm³/mol. The van der Waals surface area contributed by atoms with Crippen LogP contribution in [-0.4, -0.2) is 22.7 Å². The van der Waals surface area contributed by atoms with E-state index in [-0.39, 0.29) is 17.3 Å². The zero-order chi connectivity index (χ0) is 25.1. The molecular weight excluding hydrogens is 463 g/mol. The molecule has 1 amide bonds. The number of hydrogen-bond acceptors (Lipinski definition) is 7. The molecule has 5 rings (SSSR count). The average Bonchev–Trinajstić information content (AvgIpc) is 3.33. The Kier molecular flexibility index (Phi) is 6.27. The van der Waals surface area contributed by atoms with Gasteiger partial charge in [-0.05, 0) is 73.5 Å². The normalized spacial score (nSPS) is 13.8. The van der Waals surface area contributed by atoms with Gasteiger partial charge in [0.15, 0.2) is 0 Å². The van der Waals surface area contributed by atoms with Gasteiger partial charge in [0.25, 0.3) is 5.91 Å². The van der Waals surface area contributed by atoms with Crippen molar-refractivity contribution in [2.75, 3.05) is 11.1 Å². The molecule has 0 aliphatic heterocycles. The summed E-state index contributed by atoms with van der Waals surface area (Å²) in [6.45, 7) is 0. The number of amides is 1. The van der Waals surface area contributed by atoms with Crippen molar-refractivity contribution in [3.05, 3.63) is 101 Å². The number of nitrogens with one attached hydrogen (secondary N) is 1. The van der Waals surface area contributed by atoms with Crippen LogP contribution in [0, 0.1) is 5.82 Å². The number of anilines is 2. The molecule has 0 radical (unpaired) electrons. The number of aryl methyl sites for hydroxylation is 1. The van der Waals surface area contributed by atoms with Gasteiger partial charge in [-0.25, -0.2) is 9.18 Å². The van der Waals surface area contributed by atoms with Gasteiger partial charge in [0.05, 0.1) is 16.8 Å². The fourth-order valence-electron chi connectivity index (χ4n) is 3.99. The van der Waals surface area contributed by atoms with Crippen molar-refractivity contribution in [1.82, 2.24) is 5.16 Å². The molecule has 0 saturated carbocycles. The first-order valence-electron chi connectivity index (χ1n) is 11.3. The summed E-state index contributed by atoms with van der Waals surface area (Å²) in [5, 5.41) is 11.0. The summed E-state index contributed by atoms with van der Waals surface area (Å²) >= 11 is 0. The molecule has 1 heterocycles. The second kappa shape index (κ2) is 9.83. The monoisotopic (exact) mass is 484 g/mol. The lowest BCUT2D eigenvalue weighted by Gasteiger charge is -2.12. The number of fused-ring (bicyclic) bond motifs is 1. The molecule has 3 aromatic carbocycles. The second-order valence-electron chi connectivity index (χ2n) is 8.27.